The third-order valence-electron chi connectivity index (χ3n) is 14.8. The number of aryl methyl sites for hydroxylation is 1. The Kier molecular flexibility index (Phi) is 14.6. The van der Waals surface area contributed by atoms with Gasteiger partial charge in [0.15, 0.2) is 5.60 Å². The molecule has 1 fully saturated rings. The molecule has 6 aromatic rings. The van der Waals surface area contributed by atoms with Gasteiger partial charge in [0.1, 0.15) is 11.5 Å². The maximum atomic E-state index is 15.8. The minimum absolute atomic E-state index is 0.0314. The number of anilines is 3. The Balaban J connectivity index is 1.05. The maximum absolute atomic E-state index is 15.8. The average molecular weight is 984 g/mol. The SMILES string of the molecule is CCOc1ccc2c(c1)CC(NCCCCO)C(=O)N2c1cccc(CN2C(=O)[C@]3(O[C@H](CCn4cc(C(CO)c5ccccc5)nn4)[C@@H]([Si](C)(C)c4ccc(OC)cc4)[C@@H]3C)c3cc(Cl)ccc32)c1. The van der Waals surface area contributed by atoms with E-state index in [-0.39, 0.29) is 55.1 Å². The number of unbranched alkanes of at least 4 members (excludes halogenated alkanes) is 1. The third-order valence-corrected chi connectivity index (χ3v) is 19.4. The molecule has 366 valence electrons. The molecule has 6 atom stereocenters. The summed E-state index contributed by atoms with van der Waals surface area (Å²) >= 11 is 6.86. The molecule has 15 heteroatoms. The number of halogens is 1. The first-order valence-electron chi connectivity index (χ1n) is 24.4. The smallest absolute Gasteiger partial charge is 0.264 e. The van der Waals surface area contributed by atoms with Crippen molar-refractivity contribution in [2.45, 2.75) is 94.9 Å². The summed E-state index contributed by atoms with van der Waals surface area (Å²) in [4.78, 5) is 33.8. The summed E-state index contributed by atoms with van der Waals surface area (Å²) in [6.07, 6.45) is 4.00. The molecule has 3 N–H and O–H groups in total. The van der Waals surface area contributed by atoms with Crippen LogP contribution in [0.15, 0.2) is 121 Å². The number of carbonyl (C=O) groups excluding carboxylic acids is 2. The van der Waals surface area contributed by atoms with Crippen LogP contribution in [0.3, 0.4) is 0 Å². The van der Waals surface area contributed by atoms with E-state index < -0.39 is 19.7 Å². The van der Waals surface area contributed by atoms with Crippen molar-refractivity contribution >= 4 is 53.7 Å². The summed E-state index contributed by atoms with van der Waals surface area (Å²) in [5, 5.41) is 34.0. The first kappa shape index (κ1) is 49.1. The Morgan fingerprint density at radius 1 is 0.929 bits per heavy atom. The van der Waals surface area contributed by atoms with Crippen molar-refractivity contribution in [2.24, 2.45) is 5.92 Å². The van der Waals surface area contributed by atoms with Crippen molar-refractivity contribution in [3.8, 4) is 11.5 Å². The lowest BCUT2D eigenvalue weighted by molar-refractivity contribution is -0.146. The van der Waals surface area contributed by atoms with E-state index in [1.807, 2.05) is 126 Å². The molecule has 5 aromatic carbocycles. The van der Waals surface area contributed by atoms with Crippen LogP contribution in [0.4, 0.5) is 17.1 Å². The van der Waals surface area contributed by atoms with Gasteiger partial charge in [-0.3, -0.25) is 19.2 Å². The number of ether oxygens (including phenoxy) is 3. The molecule has 1 aromatic heterocycles. The maximum Gasteiger partial charge on any atom is 0.264 e. The molecule has 4 heterocycles. The van der Waals surface area contributed by atoms with Gasteiger partial charge in [0.05, 0.1) is 70.1 Å². The van der Waals surface area contributed by atoms with Crippen LogP contribution in [0, 0.1) is 5.92 Å². The average Bonchev–Trinajstić information content (AvgIpc) is 4.03. The number of aliphatic hydroxyl groups excluding tert-OH is 2. The molecule has 0 aliphatic carbocycles. The van der Waals surface area contributed by atoms with Crippen LogP contribution >= 0.6 is 11.6 Å². The molecular formula is C55H63ClN6O7Si. The Bertz CT molecular complexity index is 2810. The Morgan fingerprint density at radius 2 is 1.70 bits per heavy atom. The normalized spacial score (nSPS) is 21.3. The lowest BCUT2D eigenvalue weighted by atomic mass is 9.82. The summed E-state index contributed by atoms with van der Waals surface area (Å²) in [5.41, 5.74) is 5.05. The van der Waals surface area contributed by atoms with Crippen LogP contribution in [-0.4, -0.2) is 90.7 Å². The zero-order valence-corrected chi connectivity index (χ0v) is 42.3. The molecule has 3 aliphatic rings. The first-order chi connectivity index (χ1) is 33.9. The van der Waals surface area contributed by atoms with Gasteiger partial charge in [0, 0.05) is 41.5 Å². The fraction of sp³-hybridized carbons (Fsp3) is 0.382. The predicted octanol–water partition coefficient (Wildman–Crippen LogP) is 8.27. The van der Waals surface area contributed by atoms with E-state index in [1.165, 1.54) is 5.19 Å². The van der Waals surface area contributed by atoms with Crippen molar-refractivity contribution in [3.63, 3.8) is 0 Å². The number of carbonyl (C=O) groups is 2. The molecule has 9 rings (SSSR count). The van der Waals surface area contributed by atoms with Crippen LogP contribution in [0.2, 0.25) is 23.7 Å². The number of amides is 2. The molecule has 0 bridgehead atoms. The van der Waals surface area contributed by atoms with Crippen LogP contribution in [-0.2, 0) is 39.4 Å². The molecule has 13 nitrogen and oxygen atoms in total. The number of nitrogens with zero attached hydrogens (tertiary/aromatic N) is 5. The zero-order valence-electron chi connectivity index (χ0n) is 40.6. The van der Waals surface area contributed by atoms with E-state index in [9.17, 15) is 15.0 Å². The second-order valence-electron chi connectivity index (χ2n) is 19.3. The van der Waals surface area contributed by atoms with Crippen molar-refractivity contribution in [1.82, 2.24) is 20.3 Å². The van der Waals surface area contributed by atoms with Crippen LogP contribution in [0.5, 0.6) is 11.5 Å². The van der Waals surface area contributed by atoms with Gasteiger partial charge in [0.2, 0.25) is 5.91 Å². The minimum atomic E-state index is -2.48. The lowest BCUT2D eigenvalue weighted by Crippen LogP contribution is -2.51. The molecule has 1 spiro atoms. The summed E-state index contributed by atoms with van der Waals surface area (Å²) < 4.78 is 20.7. The number of aliphatic hydroxyl groups is 2. The van der Waals surface area contributed by atoms with Gasteiger partial charge in [-0.2, -0.15) is 0 Å². The highest BCUT2D eigenvalue weighted by Gasteiger charge is 2.66. The standard InChI is InChI=1S/C55H63ClN6O7Si/c1-6-68-43-20-24-49-39(30-43)31-47(57-26-10-11-28-63)53(65)62(49)41-16-12-13-37(29-41)33-61-50-23-17-40(56)32-46(50)55(54(61)66)36(2)52(70(4,5)44-21-18-42(67-3)19-22-44)51(69-55)25-27-60-34-48(58-59-60)45(35-64)38-14-8-7-9-15-38/h7-9,12-24,29-30,32,34,36,45,47,51-52,57,63-64H,6,10-11,25-28,31,33,35H2,1-5H3/t36-,45?,47?,51+,52-,55+/m0/s1. The van der Waals surface area contributed by atoms with Gasteiger partial charge in [-0.15, -0.1) is 5.10 Å². The summed E-state index contributed by atoms with van der Waals surface area (Å²) in [7, 11) is -0.810. The van der Waals surface area contributed by atoms with Crippen molar-refractivity contribution in [2.75, 3.05) is 43.3 Å². The number of methoxy groups -OCH3 is 1. The monoisotopic (exact) mass is 982 g/mol. The van der Waals surface area contributed by atoms with Crippen LogP contribution in [0.25, 0.3) is 0 Å². The number of fused-ring (bicyclic) bond motifs is 3. The quantitative estimate of drug-likeness (QED) is 0.0535. The molecular weight excluding hydrogens is 920 g/mol. The van der Waals surface area contributed by atoms with E-state index in [0.717, 1.165) is 51.5 Å². The van der Waals surface area contributed by atoms with Gasteiger partial charge in [-0.05, 0) is 122 Å². The Hall–Kier alpha value is -5.87. The molecule has 0 saturated carbocycles. The summed E-state index contributed by atoms with van der Waals surface area (Å²) in [6.45, 7) is 10.7. The minimum Gasteiger partial charge on any atom is -0.497 e. The molecule has 2 unspecified atom stereocenters. The first-order valence-corrected chi connectivity index (χ1v) is 27.9. The van der Waals surface area contributed by atoms with Crippen LogP contribution < -0.4 is 29.8 Å². The van der Waals surface area contributed by atoms with E-state index in [1.54, 1.807) is 12.0 Å². The van der Waals surface area contributed by atoms with E-state index in [0.29, 0.717) is 55.4 Å². The highest BCUT2D eigenvalue weighted by atomic mass is 35.5. The predicted molar refractivity (Wildman–Crippen MR) is 275 cm³/mol. The second kappa shape index (κ2) is 20.8. The van der Waals surface area contributed by atoms with Crippen LogP contribution in [0.1, 0.15) is 67.0 Å². The van der Waals surface area contributed by atoms with Crippen molar-refractivity contribution in [1.29, 1.82) is 0 Å². The highest BCUT2D eigenvalue weighted by molar-refractivity contribution is 6.91. The van der Waals surface area contributed by atoms with E-state index in [4.69, 9.17) is 25.8 Å². The number of benzene rings is 5. The third kappa shape index (κ3) is 9.28. The lowest BCUT2D eigenvalue weighted by Gasteiger charge is -2.37. The number of nitrogens with one attached hydrogen (secondary N) is 1. The molecule has 3 aliphatic heterocycles. The topological polar surface area (TPSA) is 152 Å². The fourth-order valence-electron chi connectivity index (χ4n) is 11.3. The number of hydrogen-bond donors (Lipinski definition) is 3. The van der Waals surface area contributed by atoms with Gasteiger partial charge in [-0.25, -0.2) is 0 Å². The Morgan fingerprint density at radius 3 is 2.44 bits per heavy atom. The van der Waals surface area contributed by atoms with E-state index >= 15 is 4.79 Å². The Labute approximate surface area is 416 Å². The summed E-state index contributed by atoms with van der Waals surface area (Å²) in [6, 6.07) is 37.0. The largest absolute Gasteiger partial charge is 0.497 e. The highest BCUT2D eigenvalue weighted by Crippen LogP contribution is 2.60. The molecule has 2 amide bonds. The van der Waals surface area contributed by atoms with Gasteiger partial charge >= 0.3 is 0 Å². The summed E-state index contributed by atoms with van der Waals surface area (Å²) in [5.74, 6) is 0.715. The number of hydrogen-bond acceptors (Lipinski definition) is 10. The molecule has 0 radical (unpaired) electrons. The van der Waals surface area contributed by atoms with Gasteiger partial charge in [-0.1, -0.05) is 96.6 Å². The zero-order chi connectivity index (χ0) is 49.2. The fourth-order valence-corrected chi connectivity index (χ4v) is 15.5. The van der Waals surface area contributed by atoms with Crippen molar-refractivity contribution < 1.29 is 34.0 Å². The van der Waals surface area contributed by atoms with Crippen molar-refractivity contribution in [3.05, 3.63) is 154 Å². The second-order valence-corrected chi connectivity index (χ2v) is 24.4. The van der Waals surface area contributed by atoms with E-state index in [2.05, 4.69) is 47.8 Å². The molecule has 1 saturated heterocycles. The van der Waals surface area contributed by atoms with Gasteiger partial charge in [0.25, 0.3) is 5.91 Å². The number of aromatic nitrogens is 3. The van der Waals surface area contributed by atoms with Gasteiger partial charge < -0.3 is 34.6 Å². The molecule has 70 heavy (non-hydrogen) atoms. The number of rotatable bonds is 19.